The second-order valence-corrected chi connectivity index (χ2v) is 5.94. The highest BCUT2D eigenvalue weighted by atomic mass is 16.5. The molecule has 2 unspecified atom stereocenters. The first-order valence-electron chi connectivity index (χ1n) is 7.14. The van der Waals surface area contributed by atoms with Crippen LogP contribution in [0.3, 0.4) is 0 Å². The highest BCUT2D eigenvalue weighted by molar-refractivity contribution is 5.24. The molecule has 0 N–H and O–H groups in total. The highest BCUT2D eigenvalue weighted by Crippen LogP contribution is 2.34. The molecule has 20 heavy (non-hydrogen) atoms. The Bertz CT molecular complexity index is 564. The number of hydrogen-bond donors (Lipinski definition) is 0. The van der Waals surface area contributed by atoms with E-state index < -0.39 is 0 Å². The Labute approximate surface area is 121 Å². The van der Waals surface area contributed by atoms with Gasteiger partial charge >= 0.3 is 0 Å². The van der Waals surface area contributed by atoms with Gasteiger partial charge in [-0.15, -0.1) is 0 Å². The zero-order chi connectivity index (χ0) is 14.0. The van der Waals surface area contributed by atoms with Gasteiger partial charge in [-0.05, 0) is 31.5 Å². The molecular formula is C18H21NO. The van der Waals surface area contributed by atoms with Crippen molar-refractivity contribution in [2.24, 2.45) is 0 Å². The van der Waals surface area contributed by atoms with Gasteiger partial charge in [0, 0.05) is 13.1 Å². The number of rotatable bonds is 5. The summed E-state index contributed by atoms with van der Waals surface area (Å²) in [4.78, 5) is 2.46. The van der Waals surface area contributed by atoms with Crippen LogP contribution in [0.5, 0.6) is 5.75 Å². The highest BCUT2D eigenvalue weighted by Gasteiger charge is 2.48. The van der Waals surface area contributed by atoms with E-state index >= 15 is 0 Å². The van der Waals surface area contributed by atoms with E-state index in [0.717, 1.165) is 25.4 Å². The van der Waals surface area contributed by atoms with Gasteiger partial charge in [0.15, 0.2) is 0 Å². The molecule has 0 aliphatic carbocycles. The van der Waals surface area contributed by atoms with Gasteiger partial charge < -0.3 is 4.74 Å². The average molecular weight is 267 g/mol. The molecule has 2 heteroatoms. The maximum Gasteiger partial charge on any atom is 0.119 e. The topological polar surface area (TPSA) is 12.2 Å². The van der Waals surface area contributed by atoms with Crippen LogP contribution in [0.15, 0.2) is 54.6 Å². The minimum Gasteiger partial charge on any atom is -0.492 e. The summed E-state index contributed by atoms with van der Waals surface area (Å²) in [6, 6.07) is 18.8. The van der Waals surface area contributed by atoms with Crippen LogP contribution in [0.4, 0.5) is 0 Å². The van der Waals surface area contributed by atoms with Crippen molar-refractivity contribution in [1.29, 1.82) is 0 Å². The first kappa shape index (κ1) is 13.2. The lowest BCUT2D eigenvalue weighted by molar-refractivity contribution is 0.243. The lowest BCUT2D eigenvalue weighted by Gasteiger charge is -2.14. The van der Waals surface area contributed by atoms with Gasteiger partial charge in [0.2, 0.25) is 0 Å². The molecule has 1 saturated heterocycles. The van der Waals surface area contributed by atoms with Gasteiger partial charge in [-0.25, -0.2) is 0 Å². The maximum atomic E-state index is 5.88. The summed E-state index contributed by atoms with van der Waals surface area (Å²) in [5, 5.41) is 0. The summed E-state index contributed by atoms with van der Waals surface area (Å²) in [5.41, 5.74) is 2.87. The molecule has 2 nitrogen and oxygen atoms in total. The molecule has 2 aromatic carbocycles. The molecule has 1 aliphatic rings. The number of ether oxygens (including phenoxy) is 1. The Hall–Kier alpha value is -1.80. The maximum absolute atomic E-state index is 5.88. The minimum absolute atomic E-state index is 0.181. The second kappa shape index (κ2) is 5.29. The fourth-order valence-corrected chi connectivity index (χ4v) is 2.43. The largest absolute Gasteiger partial charge is 0.492 e. The number of aryl methyl sites for hydroxylation is 1. The SMILES string of the molecule is Cc1ccc(CN2CC2(C)COc2ccccc2)cc1. The Morgan fingerprint density at radius 1 is 1.05 bits per heavy atom. The van der Waals surface area contributed by atoms with Crippen LogP contribution >= 0.6 is 0 Å². The third-order valence-corrected chi connectivity index (χ3v) is 3.98. The molecule has 0 bridgehead atoms. The second-order valence-electron chi connectivity index (χ2n) is 5.94. The van der Waals surface area contributed by atoms with Crippen molar-refractivity contribution in [3.8, 4) is 5.75 Å². The van der Waals surface area contributed by atoms with Gasteiger partial charge in [-0.3, -0.25) is 4.90 Å². The molecule has 2 atom stereocenters. The van der Waals surface area contributed by atoms with E-state index in [1.54, 1.807) is 0 Å². The van der Waals surface area contributed by atoms with E-state index in [-0.39, 0.29) is 5.54 Å². The standard InChI is InChI=1S/C18H21NO/c1-15-8-10-16(11-9-15)12-19-13-18(19,2)14-20-17-6-4-3-5-7-17/h3-11H,12-14H2,1-2H3. The van der Waals surface area contributed by atoms with E-state index in [0.29, 0.717) is 0 Å². The molecule has 0 spiro atoms. The molecule has 2 aromatic rings. The average Bonchev–Trinajstić information content (AvgIpc) is 3.11. The van der Waals surface area contributed by atoms with E-state index in [4.69, 9.17) is 4.74 Å². The van der Waals surface area contributed by atoms with Gasteiger partial charge in [0.05, 0.1) is 5.54 Å². The van der Waals surface area contributed by atoms with Gasteiger partial charge in [0.1, 0.15) is 12.4 Å². The molecule has 3 rings (SSSR count). The number of nitrogens with zero attached hydrogens (tertiary/aromatic N) is 1. The summed E-state index contributed by atoms with van der Waals surface area (Å²) in [6.07, 6.45) is 0. The van der Waals surface area contributed by atoms with Crippen molar-refractivity contribution in [2.75, 3.05) is 13.2 Å². The number of para-hydroxylation sites is 1. The fraction of sp³-hybridized carbons (Fsp3) is 0.333. The van der Waals surface area contributed by atoms with Crippen molar-refractivity contribution in [3.05, 3.63) is 65.7 Å². The first-order valence-corrected chi connectivity index (χ1v) is 7.14. The van der Waals surface area contributed by atoms with Crippen LogP contribution in [0.2, 0.25) is 0 Å². The van der Waals surface area contributed by atoms with Crippen LogP contribution in [-0.2, 0) is 6.54 Å². The van der Waals surface area contributed by atoms with Crippen molar-refractivity contribution >= 4 is 0 Å². The molecule has 1 heterocycles. The van der Waals surface area contributed by atoms with Gasteiger partial charge in [-0.2, -0.15) is 0 Å². The number of hydrogen-bond acceptors (Lipinski definition) is 2. The third kappa shape index (κ3) is 3.02. The van der Waals surface area contributed by atoms with Crippen molar-refractivity contribution in [2.45, 2.75) is 25.9 Å². The van der Waals surface area contributed by atoms with Crippen LogP contribution < -0.4 is 4.74 Å². The lowest BCUT2D eigenvalue weighted by Crippen LogP contribution is -2.23. The van der Waals surface area contributed by atoms with Crippen LogP contribution in [0.25, 0.3) is 0 Å². The molecule has 0 aromatic heterocycles. The Morgan fingerprint density at radius 3 is 2.45 bits per heavy atom. The zero-order valence-electron chi connectivity index (χ0n) is 12.2. The predicted octanol–water partition coefficient (Wildman–Crippen LogP) is 3.65. The van der Waals surface area contributed by atoms with Gasteiger partial charge in [-0.1, -0.05) is 48.0 Å². The minimum atomic E-state index is 0.181. The fourth-order valence-electron chi connectivity index (χ4n) is 2.43. The molecule has 0 amide bonds. The monoisotopic (exact) mass is 267 g/mol. The van der Waals surface area contributed by atoms with E-state index in [9.17, 15) is 0 Å². The zero-order valence-corrected chi connectivity index (χ0v) is 12.2. The quantitative estimate of drug-likeness (QED) is 0.767. The van der Waals surface area contributed by atoms with E-state index in [2.05, 4.69) is 43.0 Å². The first-order chi connectivity index (χ1) is 9.66. The molecule has 0 radical (unpaired) electrons. The molecule has 0 saturated carbocycles. The summed E-state index contributed by atoms with van der Waals surface area (Å²) in [5.74, 6) is 0.955. The molecular weight excluding hydrogens is 246 g/mol. The Balaban J connectivity index is 1.53. The molecule has 1 aliphatic heterocycles. The van der Waals surface area contributed by atoms with Gasteiger partial charge in [0.25, 0.3) is 0 Å². The Morgan fingerprint density at radius 2 is 1.75 bits per heavy atom. The summed E-state index contributed by atoms with van der Waals surface area (Å²) < 4.78 is 5.88. The molecule has 104 valence electrons. The normalized spacial score (nSPS) is 24.4. The Kier molecular flexibility index (Phi) is 3.49. The van der Waals surface area contributed by atoms with Crippen molar-refractivity contribution < 1.29 is 4.74 Å². The van der Waals surface area contributed by atoms with Crippen molar-refractivity contribution in [1.82, 2.24) is 4.90 Å². The molecule has 1 fully saturated rings. The summed E-state index contributed by atoms with van der Waals surface area (Å²) >= 11 is 0. The number of benzene rings is 2. The van der Waals surface area contributed by atoms with E-state index in [1.807, 2.05) is 30.3 Å². The smallest absolute Gasteiger partial charge is 0.119 e. The van der Waals surface area contributed by atoms with Crippen LogP contribution in [-0.4, -0.2) is 23.6 Å². The van der Waals surface area contributed by atoms with Crippen molar-refractivity contribution in [3.63, 3.8) is 0 Å². The third-order valence-electron chi connectivity index (χ3n) is 3.98. The van der Waals surface area contributed by atoms with E-state index in [1.165, 1.54) is 11.1 Å². The lowest BCUT2D eigenvalue weighted by atomic mass is 10.1. The summed E-state index contributed by atoms with van der Waals surface area (Å²) in [7, 11) is 0. The predicted molar refractivity (Wildman–Crippen MR) is 81.9 cm³/mol. The van der Waals surface area contributed by atoms with Crippen LogP contribution in [0, 0.1) is 6.92 Å². The van der Waals surface area contributed by atoms with Crippen LogP contribution in [0.1, 0.15) is 18.1 Å². The summed E-state index contributed by atoms with van der Waals surface area (Å²) in [6.45, 7) is 7.26.